The standard InChI is InChI=1S/C20H24N2O4/c1-19-6-7-20(11-19,12-25-19)22-10-13-8-15(18(23)24-2)17(9-16(13)21-22)26-14-4-3-5-14/h8-10,14H,3-7,11-12H2,1-2H3/t19-,20-/m0/s1. The molecule has 26 heavy (non-hydrogen) atoms. The van der Waals surface area contributed by atoms with Crippen molar-refractivity contribution in [3.63, 3.8) is 0 Å². The maximum atomic E-state index is 12.2. The lowest BCUT2D eigenvalue weighted by molar-refractivity contribution is -0.0149. The van der Waals surface area contributed by atoms with Crippen LogP contribution in [0.25, 0.3) is 10.9 Å². The fourth-order valence-corrected chi connectivity index (χ4v) is 4.52. The number of benzene rings is 1. The lowest BCUT2D eigenvalue weighted by atomic mass is 9.96. The highest BCUT2D eigenvalue weighted by Crippen LogP contribution is 2.51. The summed E-state index contributed by atoms with van der Waals surface area (Å²) in [6.07, 6.45) is 8.60. The summed E-state index contributed by atoms with van der Waals surface area (Å²) in [4.78, 5) is 12.2. The van der Waals surface area contributed by atoms with Crippen molar-refractivity contribution >= 4 is 16.9 Å². The van der Waals surface area contributed by atoms with Crippen molar-refractivity contribution in [3.8, 4) is 5.75 Å². The Morgan fingerprint density at radius 1 is 1.35 bits per heavy atom. The molecule has 1 aliphatic heterocycles. The molecule has 1 aromatic heterocycles. The molecule has 6 heteroatoms. The van der Waals surface area contributed by atoms with Crippen molar-refractivity contribution < 1.29 is 19.0 Å². The van der Waals surface area contributed by atoms with Gasteiger partial charge in [-0.25, -0.2) is 4.79 Å². The Morgan fingerprint density at radius 3 is 2.77 bits per heavy atom. The van der Waals surface area contributed by atoms with Crippen molar-refractivity contribution in [1.29, 1.82) is 0 Å². The molecule has 2 aliphatic carbocycles. The van der Waals surface area contributed by atoms with Crippen LogP contribution in [0.15, 0.2) is 18.3 Å². The fraction of sp³-hybridized carbons (Fsp3) is 0.600. The van der Waals surface area contributed by atoms with E-state index in [0.717, 1.165) is 43.0 Å². The zero-order valence-electron chi connectivity index (χ0n) is 15.3. The van der Waals surface area contributed by atoms with E-state index in [4.69, 9.17) is 19.3 Å². The monoisotopic (exact) mass is 356 g/mol. The number of carbonyl (C=O) groups excluding carboxylic acids is 1. The number of nitrogens with zero attached hydrogens (tertiary/aromatic N) is 2. The van der Waals surface area contributed by atoms with Crippen LogP contribution >= 0.6 is 0 Å². The molecule has 0 amide bonds. The second kappa shape index (κ2) is 5.46. The van der Waals surface area contributed by atoms with Gasteiger partial charge in [-0.3, -0.25) is 4.68 Å². The molecule has 2 heterocycles. The van der Waals surface area contributed by atoms with Gasteiger partial charge in [-0.2, -0.15) is 5.10 Å². The van der Waals surface area contributed by atoms with Crippen LogP contribution in [0.3, 0.4) is 0 Å². The van der Waals surface area contributed by atoms with Crippen LogP contribution in [0.1, 0.15) is 55.8 Å². The Hall–Kier alpha value is -2.08. The van der Waals surface area contributed by atoms with Crippen LogP contribution in [0.5, 0.6) is 5.75 Å². The number of methoxy groups -OCH3 is 1. The molecule has 5 rings (SSSR count). The van der Waals surface area contributed by atoms with E-state index >= 15 is 0 Å². The Kier molecular flexibility index (Phi) is 3.38. The van der Waals surface area contributed by atoms with Gasteiger partial charge in [0.15, 0.2) is 0 Å². The van der Waals surface area contributed by atoms with E-state index in [1.165, 1.54) is 13.5 Å². The molecular formula is C20H24N2O4. The molecule has 1 aromatic carbocycles. The van der Waals surface area contributed by atoms with E-state index in [1.54, 1.807) is 0 Å². The van der Waals surface area contributed by atoms with Crippen LogP contribution in [-0.4, -0.2) is 41.2 Å². The average molecular weight is 356 g/mol. The van der Waals surface area contributed by atoms with E-state index in [9.17, 15) is 4.79 Å². The first-order valence-corrected chi connectivity index (χ1v) is 9.43. The lowest BCUT2D eigenvalue weighted by Crippen LogP contribution is -2.33. The summed E-state index contributed by atoms with van der Waals surface area (Å²) >= 11 is 0. The number of rotatable bonds is 4. The first-order valence-electron chi connectivity index (χ1n) is 9.43. The molecular weight excluding hydrogens is 332 g/mol. The zero-order valence-corrected chi connectivity index (χ0v) is 15.3. The van der Waals surface area contributed by atoms with Crippen molar-refractivity contribution in [2.45, 2.75) is 62.7 Å². The third kappa shape index (κ3) is 2.35. The fourth-order valence-electron chi connectivity index (χ4n) is 4.52. The largest absolute Gasteiger partial charge is 0.489 e. The topological polar surface area (TPSA) is 62.6 Å². The molecule has 3 aliphatic rings. The number of esters is 1. The molecule has 2 bridgehead atoms. The van der Waals surface area contributed by atoms with Crippen molar-refractivity contribution in [3.05, 3.63) is 23.9 Å². The van der Waals surface area contributed by atoms with E-state index in [0.29, 0.717) is 17.9 Å². The number of aromatic nitrogens is 2. The molecule has 2 atom stereocenters. The summed E-state index contributed by atoms with van der Waals surface area (Å²) in [5, 5.41) is 5.77. The number of ether oxygens (including phenoxy) is 3. The lowest BCUT2D eigenvalue weighted by Gasteiger charge is -2.27. The normalized spacial score (nSPS) is 30.5. The van der Waals surface area contributed by atoms with Gasteiger partial charge < -0.3 is 14.2 Å². The minimum atomic E-state index is -0.371. The molecule has 1 saturated heterocycles. The van der Waals surface area contributed by atoms with Gasteiger partial charge >= 0.3 is 5.97 Å². The maximum absolute atomic E-state index is 12.2. The smallest absolute Gasteiger partial charge is 0.341 e. The van der Waals surface area contributed by atoms with E-state index in [1.807, 2.05) is 18.3 Å². The van der Waals surface area contributed by atoms with Gasteiger partial charge in [0.2, 0.25) is 0 Å². The van der Waals surface area contributed by atoms with Crippen LogP contribution in [0, 0.1) is 0 Å². The summed E-state index contributed by atoms with van der Waals surface area (Å²) in [5.41, 5.74) is 1.24. The Balaban J connectivity index is 1.56. The molecule has 0 spiro atoms. The molecule has 3 fully saturated rings. The molecule has 138 valence electrons. The molecule has 0 radical (unpaired) electrons. The minimum absolute atomic E-state index is 0.0200. The van der Waals surface area contributed by atoms with Gasteiger partial charge in [0.05, 0.1) is 36.5 Å². The molecule has 0 N–H and O–H groups in total. The van der Waals surface area contributed by atoms with Crippen molar-refractivity contribution in [1.82, 2.24) is 9.78 Å². The van der Waals surface area contributed by atoms with Gasteiger partial charge in [-0.15, -0.1) is 0 Å². The summed E-state index contributed by atoms with van der Waals surface area (Å²) in [6, 6.07) is 3.73. The van der Waals surface area contributed by atoms with Crippen LogP contribution in [0.4, 0.5) is 0 Å². The Bertz CT molecular complexity index is 875. The number of carbonyl (C=O) groups is 1. The molecule has 2 aromatic rings. The quantitative estimate of drug-likeness (QED) is 0.786. The third-order valence-electron chi connectivity index (χ3n) is 6.35. The van der Waals surface area contributed by atoms with E-state index < -0.39 is 0 Å². The van der Waals surface area contributed by atoms with Crippen molar-refractivity contribution in [2.75, 3.05) is 13.7 Å². The third-order valence-corrected chi connectivity index (χ3v) is 6.35. The highest BCUT2D eigenvalue weighted by molar-refractivity contribution is 5.97. The number of hydrogen-bond donors (Lipinski definition) is 0. The van der Waals surface area contributed by atoms with E-state index in [-0.39, 0.29) is 23.2 Å². The summed E-state index contributed by atoms with van der Waals surface area (Å²) in [5.74, 6) is 0.209. The molecule has 2 saturated carbocycles. The first kappa shape index (κ1) is 16.1. The predicted molar refractivity (Wildman–Crippen MR) is 95.5 cm³/mol. The summed E-state index contributed by atoms with van der Waals surface area (Å²) < 4.78 is 19.1. The molecule has 0 unspecified atom stereocenters. The van der Waals surface area contributed by atoms with Crippen LogP contribution in [0.2, 0.25) is 0 Å². The molecule has 6 nitrogen and oxygen atoms in total. The van der Waals surface area contributed by atoms with Crippen molar-refractivity contribution in [2.24, 2.45) is 0 Å². The van der Waals surface area contributed by atoms with Gasteiger partial charge in [0.25, 0.3) is 0 Å². The van der Waals surface area contributed by atoms with Gasteiger partial charge in [0.1, 0.15) is 11.3 Å². The SMILES string of the molecule is COC(=O)c1cc2cn([C@@]34CC[C@@](C)(C3)OC4)nc2cc1OC1CCC1. The van der Waals surface area contributed by atoms with Gasteiger partial charge in [-0.1, -0.05) is 0 Å². The Labute approximate surface area is 152 Å². The second-order valence-electron chi connectivity index (χ2n) is 8.28. The van der Waals surface area contributed by atoms with Crippen LogP contribution < -0.4 is 4.74 Å². The number of hydrogen-bond acceptors (Lipinski definition) is 5. The van der Waals surface area contributed by atoms with Crippen LogP contribution in [-0.2, 0) is 15.0 Å². The zero-order chi connectivity index (χ0) is 17.9. The van der Waals surface area contributed by atoms with Gasteiger partial charge in [0, 0.05) is 24.1 Å². The van der Waals surface area contributed by atoms with E-state index in [2.05, 4.69) is 11.6 Å². The Morgan fingerprint density at radius 2 is 2.19 bits per heavy atom. The highest BCUT2D eigenvalue weighted by Gasteiger charge is 2.54. The minimum Gasteiger partial charge on any atom is -0.489 e. The summed E-state index contributed by atoms with van der Waals surface area (Å²) in [7, 11) is 1.40. The second-order valence-corrected chi connectivity index (χ2v) is 8.28. The number of fused-ring (bicyclic) bond motifs is 3. The highest BCUT2D eigenvalue weighted by atomic mass is 16.5. The van der Waals surface area contributed by atoms with Gasteiger partial charge in [-0.05, 0) is 45.1 Å². The average Bonchev–Trinajstić information content (AvgIpc) is 3.26. The predicted octanol–water partition coefficient (Wildman–Crippen LogP) is 3.42. The maximum Gasteiger partial charge on any atom is 0.341 e. The summed E-state index contributed by atoms with van der Waals surface area (Å²) in [6.45, 7) is 2.89. The first-order chi connectivity index (χ1) is 12.5.